The van der Waals surface area contributed by atoms with Crippen LogP contribution in [-0.2, 0) is 4.79 Å². The van der Waals surface area contributed by atoms with Crippen LogP contribution in [0.4, 0.5) is 0 Å². The van der Waals surface area contributed by atoms with Crippen LogP contribution in [0.3, 0.4) is 0 Å². The van der Waals surface area contributed by atoms with Gasteiger partial charge in [-0.05, 0) is 55.9 Å². The predicted octanol–water partition coefficient (Wildman–Crippen LogP) is 4.20. The molecular formula is C19H24N2OS. The summed E-state index contributed by atoms with van der Waals surface area (Å²) in [4.78, 5) is 19.2. The summed E-state index contributed by atoms with van der Waals surface area (Å²) in [6, 6.07) is 8.49. The molecule has 1 atom stereocenters. The van der Waals surface area contributed by atoms with E-state index < -0.39 is 0 Å². The second-order valence-electron chi connectivity index (χ2n) is 6.68. The third-order valence-corrected chi connectivity index (χ3v) is 5.54. The van der Waals surface area contributed by atoms with Gasteiger partial charge in [0.05, 0.1) is 11.3 Å². The molecule has 4 heteroatoms. The van der Waals surface area contributed by atoms with Crippen LogP contribution in [0.1, 0.15) is 30.9 Å². The summed E-state index contributed by atoms with van der Waals surface area (Å²) in [6.45, 7) is 8.19. The van der Waals surface area contributed by atoms with Gasteiger partial charge in [-0.15, -0.1) is 0 Å². The number of hydrogen-bond donors (Lipinski definition) is 0. The Balaban J connectivity index is 1.71. The quantitative estimate of drug-likeness (QED) is 0.792. The number of fused-ring (bicyclic) bond motifs is 1. The molecule has 3 rings (SSSR count). The fourth-order valence-corrected chi connectivity index (χ4v) is 4.04. The van der Waals surface area contributed by atoms with Gasteiger partial charge in [-0.3, -0.25) is 4.79 Å². The molecule has 2 aromatic rings. The van der Waals surface area contributed by atoms with E-state index in [1.54, 1.807) is 11.8 Å². The van der Waals surface area contributed by atoms with Crippen LogP contribution < -0.4 is 0 Å². The number of hydrogen-bond acceptors (Lipinski definition) is 3. The van der Waals surface area contributed by atoms with Crippen molar-refractivity contribution in [3.8, 4) is 0 Å². The van der Waals surface area contributed by atoms with Gasteiger partial charge in [-0.1, -0.05) is 30.8 Å². The van der Waals surface area contributed by atoms with Crippen molar-refractivity contribution in [1.82, 2.24) is 9.88 Å². The summed E-state index contributed by atoms with van der Waals surface area (Å²) >= 11 is 1.57. The maximum atomic E-state index is 12.4. The lowest BCUT2D eigenvalue weighted by Crippen LogP contribution is -2.40. The summed E-state index contributed by atoms with van der Waals surface area (Å²) in [5, 5.41) is 2.13. The van der Waals surface area contributed by atoms with Crippen molar-refractivity contribution in [3.05, 3.63) is 35.4 Å². The largest absolute Gasteiger partial charge is 0.342 e. The number of piperidine rings is 1. The van der Waals surface area contributed by atoms with Crippen molar-refractivity contribution in [2.24, 2.45) is 5.92 Å². The maximum absolute atomic E-state index is 12.4. The predicted molar refractivity (Wildman–Crippen MR) is 96.9 cm³/mol. The number of rotatable bonds is 3. The van der Waals surface area contributed by atoms with Crippen LogP contribution in [0.2, 0.25) is 0 Å². The zero-order valence-electron chi connectivity index (χ0n) is 14.1. The molecule has 0 bridgehead atoms. The van der Waals surface area contributed by atoms with E-state index in [9.17, 15) is 4.79 Å². The summed E-state index contributed by atoms with van der Waals surface area (Å²) in [5.41, 5.74) is 3.37. The van der Waals surface area contributed by atoms with Gasteiger partial charge in [-0.25, -0.2) is 4.98 Å². The Bertz CT molecular complexity index is 729. The van der Waals surface area contributed by atoms with E-state index >= 15 is 0 Å². The average Bonchev–Trinajstić information content (AvgIpc) is 2.53. The molecule has 23 heavy (non-hydrogen) atoms. The number of carbonyl (C=O) groups excluding carboxylic acids is 1. The highest BCUT2D eigenvalue weighted by molar-refractivity contribution is 7.99. The fraction of sp³-hybridized carbons (Fsp3) is 0.474. The molecule has 1 aromatic heterocycles. The molecule has 0 N–H and O–H groups in total. The summed E-state index contributed by atoms with van der Waals surface area (Å²) in [5.74, 6) is 1.35. The minimum atomic E-state index is 0.243. The second kappa shape index (κ2) is 6.91. The molecule has 1 saturated heterocycles. The number of likely N-dealkylation sites (tertiary alicyclic amines) is 1. The van der Waals surface area contributed by atoms with Crippen LogP contribution >= 0.6 is 11.8 Å². The van der Waals surface area contributed by atoms with Crippen LogP contribution in [-0.4, -0.2) is 34.6 Å². The zero-order valence-corrected chi connectivity index (χ0v) is 14.9. The first-order valence-corrected chi connectivity index (χ1v) is 9.30. The van der Waals surface area contributed by atoms with Crippen molar-refractivity contribution in [3.63, 3.8) is 0 Å². The Morgan fingerprint density at radius 1 is 1.35 bits per heavy atom. The van der Waals surface area contributed by atoms with Crippen molar-refractivity contribution < 1.29 is 4.79 Å². The smallest absolute Gasteiger partial charge is 0.232 e. The average molecular weight is 328 g/mol. The zero-order chi connectivity index (χ0) is 16.4. The third-order valence-electron chi connectivity index (χ3n) is 4.46. The Morgan fingerprint density at radius 3 is 2.96 bits per heavy atom. The summed E-state index contributed by atoms with van der Waals surface area (Å²) in [6.07, 6.45) is 2.37. The number of carbonyl (C=O) groups is 1. The van der Waals surface area contributed by atoms with E-state index in [0.29, 0.717) is 11.7 Å². The van der Waals surface area contributed by atoms with Crippen LogP contribution in [0.15, 0.2) is 29.3 Å². The first kappa shape index (κ1) is 16.3. The van der Waals surface area contributed by atoms with Gasteiger partial charge in [0, 0.05) is 18.5 Å². The molecule has 0 spiro atoms. The molecule has 1 aliphatic rings. The van der Waals surface area contributed by atoms with Gasteiger partial charge in [-0.2, -0.15) is 0 Å². The van der Waals surface area contributed by atoms with E-state index in [-0.39, 0.29) is 5.91 Å². The van der Waals surface area contributed by atoms with Crippen LogP contribution in [0.25, 0.3) is 10.9 Å². The van der Waals surface area contributed by atoms with E-state index in [1.165, 1.54) is 12.0 Å². The molecule has 1 fully saturated rings. The molecular weight excluding hydrogens is 304 g/mol. The van der Waals surface area contributed by atoms with Crippen molar-refractivity contribution in [2.45, 2.75) is 38.6 Å². The minimum absolute atomic E-state index is 0.243. The SMILES string of the molecule is Cc1ccc2cc(C)c(SCC(=O)N3CCCC(C)C3)nc2c1. The fourth-order valence-electron chi connectivity index (χ4n) is 3.15. The molecule has 1 aromatic carbocycles. The number of aryl methyl sites for hydroxylation is 2. The molecule has 1 aliphatic heterocycles. The van der Waals surface area contributed by atoms with Crippen molar-refractivity contribution >= 4 is 28.6 Å². The molecule has 1 unspecified atom stereocenters. The van der Waals surface area contributed by atoms with Gasteiger partial charge >= 0.3 is 0 Å². The Kier molecular flexibility index (Phi) is 4.90. The lowest BCUT2D eigenvalue weighted by molar-refractivity contribution is -0.130. The first-order valence-electron chi connectivity index (χ1n) is 8.31. The third kappa shape index (κ3) is 3.86. The standard InChI is InChI=1S/C19H24N2OS/c1-13-6-7-16-10-15(3)19(20-17(16)9-13)23-12-18(22)21-8-4-5-14(2)11-21/h6-7,9-10,14H,4-5,8,11-12H2,1-3H3. The maximum Gasteiger partial charge on any atom is 0.232 e. The topological polar surface area (TPSA) is 33.2 Å². The summed E-state index contributed by atoms with van der Waals surface area (Å²) in [7, 11) is 0. The number of pyridine rings is 1. The highest BCUT2D eigenvalue weighted by Gasteiger charge is 2.21. The van der Waals surface area contributed by atoms with Crippen molar-refractivity contribution in [1.29, 1.82) is 0 Å². The van der Waals surface area contributed by atoms with Crippen molar-refractivity contribution in [2.75, 3.05) is 18.8 Å². The highest BCUT2D eigenvalue weighted by atomic mass is 32.2. The Hall–Kier alpha value is -1.55. The monoisotopic (exact) mass is 328 g/mol. The van der Waals surface area contributed by atoms with Gasteiger partial charge in [0.1, 0.15) is 5.03 Å². The second-order valence-corrected chi connectivity index (χ2v) is 7.65. The van der Waals surface area contributed by atoms with Gasteiger partial charge < -0.3 is 4.90 Å². The molecule has 2 heterocycles. The van der Waals surface area contributed by atoms with E-state index in [1.807, 2.05) is 4.90 Å². The van der Waals surface area contributed by atoms with Gasteiger partial charge in [0.25, 0.3) is 0 Å². The number of thioether (sulfide) groups is 1. The van der Waals surface area contributed by atoms with Crippen LogP contribution in [0, 0.1) is 19.8 Å². The van der Waals surface area contributed by atoms with E-state index in [2.05, 4.69) is 45.0 Å². The molecule has 3 nitrogen and oxygen atoms in total. The number of nitrogens with zero attached hydrogens (tertiary/aromatic N) is 2. The van der Waals surface area contributed by atoms with Crippen LogP contribution in [0.5, 0.6) is 0 Å². The number of benzene rings is 1. The molecule has 0 aliphatic carbocycles. The normalized spacial score (nSPS) is 18.4. The molecule has 122 valence electrons. The molecule has 1 amide bonds. The van der Waals surface area contributed by atoms with E-state index in [0.717, 1.165) is 41.0 Å². The van der Waals surface area contributed by atoms with E-state index in [4.69, 9.17) is 4.98 Å². The summed E-state index contributed by atoms with van der Waals surface area (Å²) < 4.78 is 0. The Labute approximate surface area is 142 Å². The lowest BCUT2D eigenvalue weighted by Gasteiger charge is -2.30. The highest BCUT2D eigenvalue weighted by Crippen LogP contribution is 2.26. The lowest BCUT2D eigenvalue weighted by atomic mass is 10.0. The number of amides is 1. The Morgan fingerprint density at radius 2 is 2.17 bits per heavy atom. The number of aromatic nitrogens is 1. The molecule has 0 saturated carbocycles. The van der Waals surface area contributed by atoms with Gasteiger partial charge in [0.15, 0.2) is 0 Å². The van der Waals surface area contributed by atoms with Gasteiger partial charge in [0.2, 0.25) is 5.91 Å². The first-order chi connectivity index (χ1) is 11.0. The minimum Gasteiger partial charge on any atom is -0.342 e. The molecule has 0 radical (unpaired) electrons.